The summed E-state index contributed by atoms with van der Waals surface area (Å²) in [5.74, 6) is 2.32. The van der Waals surface area contributed by atoms with Gasteiger partial charge in [0, 0.05) is 34.6 Å². The highest BCUT2D eigenvalue weighted by Crippen LogP contribution is 2.42. The minimum atomic E-state index is -0.482. The average Bonchev–Trinajstić information content (AvgIpc) is 3.27. The van der Waals surface area contributed by atoms with Crippen LogP contribution in [0.2, 0.25) is 5.02 Å². The molecule has 1 fully saturated rings. The van der Waals surface area contributed by atoms with E-state index in [1.165, 1.54) is 0 Å². The Bertz CT molecular complexity index is 1120. The van der Waals surface area contributed by atoms with E-state index in [1.54, 1.807) is 24.5 Å². The molecule has 5 rings (SSSR count). The fourth-order valence-corrected chi connectivity index (χ4v) is 3.55. The molecule has 0 spiro atoms. The van der Waals surface area contributed by atoms with E-state index in [-0.39, 0.29) is 0 Å². The number of aromatic nitrogens is 6. The van der Waals surface area contributed by atoms with E-state index < -0.39 is 5.25 Å². The summed E-state index contributed by atoms with van der Waals surface area (Å²) >= 11 is 10.8. The van der Waals surface area contributed by atoms with Crippen LogP contribution in [0.1, 0.15) is 35.8 Å². The van der Waals surface area contributed by atoms with Crippen LogP contribution in [0.25, 0.3) is 22.8 Å². The molecule has 140 valence electrons. The second-order valence-electron chi connectivity index (χ2n) is 6.59. The van der Waals surface area contributed by atoms with E-state index in [9.17, 15) is 0 Å². The van der Waals surface area contributed by atoms with Crippen molar-refractivity contribution in [1.29, 1.82) is 0 Å². The maximum absolute atomic E-state index is 6.06. The molecular formula is C19H15ClN6OS. The Morgan fingerprint density at radius 2 is 1.93 bits per heavy atom. The monoisotopic (exact) mass is 410 g/mol. The Kier molecular flexibility index (Phi) is 4.37. The molecule has 3 aromatic heterocycles. The fraction of sp³-hybridized carbons (Fsp3) is 0.211. The van der Waals surface area contributed by atoms with Crippen molar-refractivity contribution >= 4 is 24.2 Å². The summed E-state index contributed by atoms with van der Waals surface area (Å²) in [6, 6.07) is 11.5. The highest BCUT2D eigenvalue weighted by Gasteiger charge is 2.34. The summed E-state index contributed by atoms with van der Waals surface area (Å²) in [5.41, 5.74) is 1.75. The van der Waals surface area contributed by atoms with Crippen LogP contribution >= 0.6 is 24.2 Å². The summed E-state index contributed by atoms with van der Waals surface area (Å²) in [6.07, 6.45) is 5.66. The third-order valence-corrected chi connectivity index (χ3v) is 5.26. The molecule has 28 heavy (non-hydrogen) atoms. The van der Waals surface area contributed by atoms with Crippen LogP contribution in [0.3, 0.4) is 0 Å². The van der Waals surface area contributed by atoms with E-state index in [4.69, 9.17) is 28.8 Å². The van der Waals surface area contributed by atoms with Gasteiger partial charge in [-0.25, -0.2) is 0 Å². The van der Waals surface area contributed by atoms with Crippen LogP contribution in [-0.2, 0) is 0 Å². The molecular weight excluding hydrogens is 396 g/mol. The topological polar surface area (TPSA) is 82.5 Å². The summed E-state index contributed by atoms with van der Waals surface area (Å²) < 4.78 is 7.59. The average molecular weight is 411 g/mol. The second kappa shape index (κ2) is 7.03. The zero-order valence-corrected chi connectivity index (χ0v) is 16.3. The van der Waals surface area contributed by atoms with Crippen molar-refractivity contribution in [3.8, 4) is 22.8 Å². The SMILES string of the molecule is SC(c1nc(-c2cccc(Cl)c2)no1)c1nnc(-c2ccncc2)n1C1CC1. The van der Waals surface area contributed by atoms with E-state index in [1.807, 2.05) is 24.3 Å². The van der Waals surface area contributed by atoms with E-state index in [0.717, 1.165) is 29.8 Å². The number of hydrogen-bond donors (Lipinski definition) is 1. The number of thiol groups is 1. The van der Waals surface area contributed by atoms with Gasteiger partial charge in [0.25, 0.3) is 0 Å². The highest BCUT2D eigenvalue weighted by molar-refractivity contribution is 7.80. The summed E-state index contributed by atoms with van der Waals surface area (Å²) in [5, 5.41) is 13.0. The van der Waals surface area contributed by atoms with Gasteiger partial charge in [-0.2, -0.15) is 17.6 Å². The molecule has 3 heterocycles. The number of rotatable bonds is 5. The van der Waals surface area contributed by atoms with Crippen LogP contribution in [0.15, 0.2) is 53.3 Å². The summed E-state index contributed by atoms with van der Waals surface area (Å²) in [6.45, 7) is 0. The van der Waals surface area contributed by atoms with Crippen LogP contribution in [0.5, 0.6) is 0 Å². The Balaban J connectivity index is 1.51. The number of benzene rings is 1. The maximum atomic E-state index is 6.06. The lowest BCUT2D eigenvalue weighted by Crippen LogP contribution is -2.07. The predicted molar refractivity (Wildman–Crippen MR) is 107 cm³/mol. The lowest BCUT2D eigenvalue weighted by molar-refractivity contribution is 0.380. The third kappa shape index (κ3) is 3.18. The smallest absolute Gasteiger partial charge is 0.247 e. The molecule has 0 bridgehead atoms. The minimum absolute atomic E-state index is 0.359. The standard InChI is InChI=1S/C19H15ClN6OS/c20-13-3-1-2-12(10-13)16-22-19(27-25-16)15(28)18-24-23-17(26(18)14-4-5-14)11-6-8-21-9-7-11/h1-3,6-10,14-15,28H,4-5H2. The van der Waals surface area contributed by atoms with E-state index in [2.05, 4.69) is 29.9 Å². The van der Waals surface area contributed by atoms with Gasteiger partial charge < -0.3 is 9.09 Å². The van der Waals surface area contributed by atoms with Crippen molar-refractivity contribution in [3.05, 3.63) is 65.5 Å². The maximum Gasteiger partial charge on any atom is 0.247 e. The van der Waals surface area contributed by atoms with Gasteiger partial charge >= 0.3 is 0 Å². The van der Waals surface area contributed by atoms with Crippen molar-refractivity contribution in [2.75, 3.05) is 0 Å². The van der Waals surface area contributed by atoms with Gasteiger partial charge in [-0.05, 0) is 37.1 Å². The molecule has 7 nitrogen and oxygen atoms in total. The second-order valence-corrected chi connectivity index (χ2v) is 7.54. The van der Waals surface area contributed by atoms with Gasteiger partial charge in [0.2, 0.25) is 11.7 Å². The molecule has 9 heteroatoms. The van der Waals surface area contributed by atoms with Crippen LogP contribution in [0.4, 0.5) is 0 Å². The molecule has 0 N–H and O–H groups in total. The van der Waals surface area contributed by atoms with Crippen molar-refractivity contribution in [2.45, 2.75) is 24.1 Å². The van der Waals surface area contributed by atoms with E-state index in [0.29, 0.717) is 28.6 Å². The van der Waals surface area contributed by atoms with Crippen molar-refractivity contribution in [1.82, 2.24) is 29.9 Å². The Morgan fingerprint density at radius 1 is 1.11 bits per heavy atom. The Hall–Kier alpha value is -2.71. The first-order valence-electron chi connectivity index (χ1n) is 8.83. The fourth-order valence-electron chi connectivity index (χ4n) is 3.08. The van der Waals surface area contributed by atoms with Gasteiger partial charge in [0.15, 0.2) is 11.6 Å². The van der Waals surface area contributed by atoms with E-state index >= 15 is 0 Å². The number of hydrogen-bond acceptors (Lipinski definition) is 7. The largest absolute Gasteiger partial charge is 0.337 e. The third-order valence-electron chi connectivity index (χ3n) is 4.58. The number of pyridine rings is 1. The highest BCUT2D eigenvalue weighted by atomic mass is 35.5. The van der Waals surface area contributed by atoms with Gasteiger partial charge in [0.1, 0.15) is 5.25 Å². The molecule has 1 aromatic carbocycles. The normalized spacial score (nSPS) is 14.9. The lowest BCUT2D eigenvalue weighted by atomic mass is 10.2. The molecule has 1 aliphatic carbocycles. The Labute approximate surface area is 171 Å². The zero-order valence-electron chi connectivity index (χ0n) is 14.6. The molecule has 0 amide bonds. The van der Waals surface area contributed by atoms with Crippen molar-refractivity contribution < 1.29 is 4.52 Å². The summed E-state index contributed by atoms with van der Waals surface area (Å²) in [4.78, 5) is 8.57. The first-order valence-corrected chi connectivity index (χ1v) is 9.73. The molecule has 1 saturated carbocycles. The van der Waals surface area contributed by atoms with Gasteiger partial charge in [-0.3, -0.25) is 4.98 Å². The number of nitrogens with zero attached hydrogens (tertiary/aromatic N) is 6. The first kappa shape index (κ1) is 17.4. The number of halogens is 1. The quantitative estimate of drug-likeness (QED) is 0.491. The molecule has 0 radical (unpaired) electrons. The van der Waals surface area contributed by atoms with Gasteiger partial charge in [-0.1, -0.05) is 28.9 Å². The van der Waals surface area contributed by atoms with Crippen LogP contribution < -0.4 is 0 Å². The minimum Gasteiger partial charge on any atom is -0.337 e. The van der Waals surface area contributed by atoms with Crippen molar-refractivity contribution in [2.24, 2.45) is 0 Å². The molecule has 1 atom stereocenters. The molecule has 0 saturated heterocycles. The zero-order chi connectivity index (χ0) is 19.1. The van der Waals surface area contributed by atoms with Gasteiger partial charge in [-0.15, -0.1) is 10.2 Å². The van der Waals surface area contributed by atoms with Crippen LogP contribution in [0, 0.1) is 0 Å². The summed E-state index contributed by atoms with van der Waals surface area (Å²) in [7, 11) is 0. The molecule has 0 aliphatic heterocycles. The molecule has 1 aliphatic rings. The van der Waals surface area contributed by atoms with Gasteiger partial charge in [0.05, 0.1) is 0 Å². The first-order chi connectivity index (χ1) is 13.7. The van der Waals surface area contributed by atoms with Crippen molar-refractivity contribution in [3.63, 3.8) is 0 Å². The Morgan fingerprint density at radius 3 is 2.68 bits per heavy atom. The van der Waals surface area contributed by atoms with Crippen LogP contribution in [-0.4, -0.2) is 29.9 Å². The molecule has 1 unspecified atom stereocenters. The predicted octanol–water partition coefficient (Wildman–Crippen LogP) is 4.40. The molecule has 4 aromatic rings. The lowest BCUT2D eigenvalue weighted by Gasteiger charge is -2.11.